The van der Waals surface area contributed by atoms with Crippen molar-refractivity contribution in [3.63, 3.8) is 0 Å². The Labute approximate surface area is 107 Å². The van der Waals surface area contributed by atoms with Crippen LogP contribution in [-0.4, -0.2) is 36.4 Å². The number of hydrogen-bond acceptors (Lipinski definition) is 3. The van der Waals surface area contributed by atoms with Gasteiger partial charge in [-0.2, -0.15) is 0 Å². The van der Waals surface area contributed by atoms with E-state index < -0.39 is 5.97 Å². The first-order chi connectivity index (χ1) is 8.39. The Kier molecular flexibility index (Phi) is 3.30. The van der Waals surface area contributed by atoms with Gasteiger partial charge in [-0.25, -0.2) is 4.79 Å². The van der Waals surface area contributed by atoms with Gasteiger partial charge < -0.3 is 14.7 Å². The number of carboxylic acids is 1. The van der Waals surface area contributed by atoms with E-state index in [1.165, 1.54) is 0 Å². The minimum atomic E-state index is -0.874. The highest BCUT2D eigenvalue weighted by Crippen LogP contribution is 2.25. The molecule has 0 aliphatic carbocycles. The number of carbonyl (C=O) groups is 1. The summed E-state index contributed by atoms with van der Waals surface area (Å²) >= 11 is 0. The van der Waals surface area contributed by atoms with E-state index in [1.54, 1.807) is 6.07 Å². The van der Waals surface area contributed by atoms with Gasteiger partial charge in [-0.1, -0.05) is 0 Å². The second kappa shape index (κ2) is 4.61. The van der Waals surface area contributed by atoms with Crippen LogP contribution in [0.2, 0.25) is 0 Å². The van der Waals surface area contributed by atoms with Crippen LogP contribution in [0.3, 0.4) is 0 Å². The molecule has 1 saturated heterocycles. The van der Waals surface area contributed by atoms with Gasteiger partial charge in [0.25, 0.3) is 0 Å². The summed E-state index contributed by atoms with van der Waals surface area (Å²) < 4.78 is 5.67. The normalized spacial score (nSPS) is 18.7. The first-order valence-corrected chi connectivity index (χ1v) is 6.12. The molecule has 0 radical (unpaired) electrons. The molecule has 0 unspecified atom stereocenters. The first kappa shape index (κ1) is 12.9. The maximum atomic E-state index is 11.0. The molecule has 0 amide bonds. The Morgan fingerprint density at radius 3 is 2.72 bits per heavy atom. The molecule has 98 valence electrons. The average Bonchev–Trinajstić information content (AvgIpc) is 2.27. The minimum Gasteiger partial charge on any atom is -0.478 e. The smallest absolute Gasteiger partial charge is 0.335 e. The van der Waals surface area contributed by atoms with Gasteiger partial charge in [-0.3, -0.25) is 0 Å². The maximum absolute atomic E-state index is 11.0. The number of nitrogens with zero attached hydrogens (tertiary/aromatic N) is 1. The quantitative estimate of drug-likeness (QED) is 0.873. The van der Waals surface area contributed by atoms with Gasteiger partial charge in [0, 0.05) is 18.8 Å². The van der Waals surface area contributed by atoms with Gasteiger partial charge in [0.15, 0.2) is 0 Å². The second-order valence-corrected chi connectivity index (χ2v) is 5.33. The van der Waals surface area contributed by atoms with Crippen LogP contribution >= 0.6 is 0 Å². The standard InChI is InChI=1S/C14H19NO3/c1-10-8-11(4-5-12(10)13(16)17)15-6-7-18-14(2,3)9-15/h4-5,8H,6-7,9H2,1-3H3,(H,16,17). The Balaban J connectivity index is 2.24. The molecule has 0 saturated carbocycles. The van der Waals surface area contributed by atoms with Crippen LogP contribution in [0, 0.1) is 6.92 Å². The molecule has 0 spiro atoms. The predicted molar refractivity (Wildman–Crippen MR) is 70.4 cm³/mol. The fourth-order valence-corrected chi connectivity index (χ4v) is 2.32. The van der Waals surface area contributed by atoms with E-state index in [0.717, 1.165) is 24.3 Å². The molecular formula is C14H19NO3. The van der Waals surface area contributed by atoms with Crippen molar-refractivity contribution in [2.24, 2.45) is 0 Å². The summed E-state index contributed by atoms with van der Waals surface area (Å²) in [6.45, 7) is 8.33. The Bertz CT molecular complexity index is 468. The van der Waals surface area contributed by atoms with Crippen molar-refractivity contribution in [2.75, 3.05) is 24.6 Å². The number of morpholine rings is 1. The van der Waals surface area contributed by atoms with Crippen molar-refractivity contribution in [1.29, 1.82) is 0 Å². The van der Waals surface area contributed by atoms with Crippen LogP contribution in [0.4, 0.5) is 5.69 Å². The molecule has 0 bridgehead atoms. The minimum absolute atomic E-state index is 0.155. The van der Waals surface area contributed by atoms with E-state index in [9.17, 15) is 4.79 Å². The van der Waals surface area contributed by atoms with Gasteiger partial charge in [0.1, 0.15) is 0 Å². The Morgan fingerprint density at radius 2 is 2.17 bits per heavy atom. The van der Waals surface area contributed by atoms with Crippen LogP contribution in [0.15, 0.2) is 18.2 Å². The Hall–Kier alpha value is -1.55. The Morgan fingerprint density at radius 1 is 1.44 bits per heavy atom. The summed E-state index contributed by atoms with van der Waals surface area (Å²) in [6, 6.07) is 5.48. The number of rotatable bonds is 2. The van der Waals surface area contributed by atoms with Crippen molar-refractivity contribution in [3.05, 3.63) is 29.3 Å². The van der Waals surface area contributed by atoms with Gasteiger partial charge in [-0.05, 0) is 44.5 Å². The third-order valence-electron chi connectivity index (χ3n) is 3.23. The summed E-state index contributed by atoms with van der Waals surface area (Å²) in [5, 5.41) is 9.02. The monoisotopic (exact) mass is 249 g/mol. The number of aryl methyl sites for hydroxylation is 1. The molecule has 0 atom stereocenters. The van der Waals surface area contributed by atoms with E-state index in [4.69, 9.17) is 9.84 Å². The maximum Gasteiger partial charge on any atom is 0.335 e. The second-order valence-electron chi connectivity index (χ2n) is 5.33. The SMILES string of the molecule is Cc1cc(N2CCOC(C)(C)C2)ccc1C(=O)O. The van der Waals surface area contributed by atoms with E-state index in [2.05, 4.69) is 18.7 Å². The molecule has 1 aliphatic rings. The van der Waals surface area contributed by atoms with E-state index >= 15 is 0 Å². The third kappa shape index (κ3) is 2.64. The zero-order valence-electron chi connectivity index (χ0n) is 11.1. The van der Waals surface area contributed by atoms with Crippen LogP contribution in [0.1, 0.15) is 29.8 Å². The lowest BCUT2D eigenvalue weighted by atomic mass is 10.0. The van der Waals surface area contributed by atoms with E-state index in [-0.39, 0.29) is 5.60 Å². The van der Waals surface area contributed by atoms with Crippen LogP contribution in [0.5, 0.6) is 0 Å². The molecule has 4 heteroatoms. The highest BCUT2D eigenvalue weighted by molar-refractivity contribution is 5.89. The molecule has 1 aromatic rings. The van der Waals surface area contributed by atoms with Crippen LogP contribution in [-0.2, 0) is 4.74 Å². The molecule has 18 heavy (non-hydrogen) atoms. The predicted octanol–water partition coefficient (Wildman–Crippen LogP) is 2.31. The molecule has 1 heterocycles. The molecule has 4 nitrogen and oxygen atoms in total. The van der Waals surface area contributed by atoms with Gasteiger partial charge in [-0.15, -0.1) is 0 Å². The van der Waals surface area contributed by atoms with Crippen LogP contribution < -0.4 is 4.90 Å². The fraction of sp³-hybridized carbons (Fsp3) is 0.500. The molecule has 1 N–H and O–H groups in total. The largest absolute Gasteiger partial charge is 0.478 e. The molecule has 1 fully saturated rings. The molecule has 2 rings (SSSR count). The lowest BCUT2D eigenvalue weighted by molar-refractivity contribution is -0.0277. The van der Waals surface area contributed by atoms with E-state index in [0.29, 0.717) is 12.2 Å². The number of benzene rings is 1. The van der Waals surface area contributed by atoms with Crippen molar-refractivity contribution < 1.29 is 14.6 Å². The van der Waals surface area contributed by atoms with E-state index in [1.807, 2.05) is 19.1 Å². The highest BCUT2D eigenvalue weighted by atomic mass is 16.5. The molecule has 1 aliphatic heterocycles. The zero-order chi connectivity index (χ0) is 13.3. The van der Waals surface area contributed by atoms with Crippen molar-refractivity contribution in [2.45, 2.75) is 26.4 Å². The topological polar surface area (TPSA) is 49.8 Å². The summed E-state index contributed by atoms with van der Waals surface area (Å²) in [7, 11) is 0. The number of anilines is 1. The van der Waals surface area contributed by atoms with Crippen molar-refractivity contribution in [3.8, 4) is 0 Å². The summed E-state index contributed by atoms with van der Waals surface area (Å²) in [5.74, 6) is -0.874. The summed E-state index contributed by atoms with van der Waals surface area (Å²) in [4.78, 5) is 13.2. The average molecular weight is 249 g/mol. The third-order valence-corrected chi connectivity index (χ3v) is 3.23. The highest BCUT2D eigenvalue weighted by Gasteiger charge is 2.27. The number of carboxylic acid groups (broad SMARTS) is 1. The molecule has 1 aromatic carbocycles. The van der Waals surface area contributed by atoms with Crippen molar-refractivity contribution in [1.82, 2.24) is 0 Å². The lowest BCUT2D eigenvalue weighted by Gasteiger charge is -2.39. The van der Waals surface area contributed by atoms with Gasteiger partial charge in [0.2, 0.25) is 0 Å². The van der Waals surface area contributed by atoms with Crippen molar-refractivity contribution >= 4 is 11.7 Å². The number of ether oxygens (including phenoxy) is 1. The fourth-order valence-electron chi connectivity index (χ4n) is 2.32. The summed E-state index contributed by atoms with van der Waals surface area (Å²) in [5.41, 5.74) is 2.07. The van der Waals surface area contributed by atoms with Gasteiger partial charge >= 0.3 is 5.97 Å². The van der Waals surface area contributed by atoms with Crippen LogP contribution in [0.25, 0.3) is 0 Å². The zero-order valence-corrected chi connectivity index (χ0v) is 11.1. The molecule has 0 aromatic heterocycles. The number of aromatic carboxylic acids is 1. The summed E-state index contributed by atoms with van der Waals surface area (Å²) in [6.07, 6.45) is 0. The van der Waals surface area contributed by atoms with Gasteiger partial charge in [0.05, 0.1) is 17.8 Å². The lowest BCUT2D eigenvalue weighted by Crippen LogP contribution is -2.48. The first-order valence-electron chi connectivity index (χ1n) is 6.12. The molecular weight excluding hydrogens is 230 g/mol. The number of hydrogen-bond donors (Lipinski definition) is 1.